The SMILES string of the molecule is CCC(CC)CN(CC)c1ncc(C(C)N)s1. The first-order chi connectivity index (χ1) is 8.12. The normalized spacial score (nSPS) is 13.1. The Morgan fingerprint density at radius 3 is 2.41 bits per heavy atom. The van der Waals surface area contributed by atoms with Crippen LogP contribution in [0, 0.1) is 5.92 Å². The summed E-state index contributed by atoms with van der Waals surface area (Å²) >= 11 is 1.73. The lowest BCUT2D eigenvalue weighted by Gasteiger charge is -2.24. The number of hydrogen-bond donors (Lipinski definition) is 1. The summed E-state index contributed by atoms with van der Waals surface area (Å²) < 4.78 is 0. The van der Waals surface area contributed by atoms with Crippen LogP contribution in [0.3, 0.4) is 0 Å². The summed E-state index contributed by atoms with van der Waals surface area (Å²) in [5.41, 5.74) is 5.87. The highest BCUT2D eigenvalue weighted by molar-refractivity contribution is 7.15. The molecule has 0 amide bonds. The second-order valence-corrected chi connectivity index (χ2v) is 5.60. The van der Waals surface area contributed by atoms with E-state index < -0.39 is 0 Å². The minimum atomic E-state index is 0.0908. The average Bonchev–Trinajstić information content (AvgIpc) is 2.80. The fraction of sp³-hybridized carbons (Fsp3) is 0.769. The van der Waals surface area contributed by atoms with E-state index in [4.69, 9.17) is 5.73 Å². The molecule has 1 unspecified atom stereocenters. The Morgan fingerprint density at radius 2 is 2.00 bits per heavy atom. The zero-order valence-corrected chi connectivity index (χ0v) is 12.3. The van der Waals surface area contributed by atoms with Gasteiger partial charge >= 0.3 is 0 Å². The molecule has 1 aromatic heterocycles. The Morgan fingerprint density at radius 1 is 1.35 bits per heavy atom. The molecule has 1 atom stereocenters. The predicted molar refractivity (Wildman–Crippen MR) is 76.7 cm³/mol. The molecular formula is C13H25N3S. The van der Waals surface area contributed by atoms with E-state index in [-0.39, 0.29) is 6.04 Å². The molecule has 4 heteroatoms. The zero-order valence-electron chi connectivity index (χ0n) is 11.4. The largest absolute Gasteiger partial charge is 0.348 e. The second-order valence-electron chi connectivity index (χ2n) is 4.56. The van der Waals surface area contributed by atoms with E-state index in [1.807, 2.05) is 13.1 Å². The predicted octanol–water partition coefficient (Wildman–Crippen LogP) is 3.43. The van der Waals surface area contributed by atoms with Crippen LogP contribution in [-0.2, 0) is 0 Å². The van der Waals surface area contributed by atoms with E-state index in [0.717, 1.165) is 24.1 Å². The topological polar surface area (TPSA) is 42.2 Å². The minimum absolute atomic E-state index is 0.0908. The maximum Gasteiger partial charge on any atom is 0.185 e. The molecule has 2 N–H and O–H groups in total. The highest BCUT2D eigenvalue weighted by Gasteiger charge is 2.14. The molecule has 98 valence electrons. The number of thiazole rings is 1. The Labute approximate surface area is 109 Å². The summed E-state index contributed by atoms with van der Waals surface area (Å²) in [5, 5.41) is 1.12. The van der Waals surface area contributed by atoms with E-state index in [1.54, 1.807) is 11.3 Å². The maximum absolute atomic E-state index is 5.87. The third kappa shape index (κ3) is 3.96. The summed E-state index contributed by atoms with van der Waals surface area (Å²) in [6.07, 6.45) is 4.39. The van der Waals surface area contributed by atoms with Gasteiger partial charge in [0.2, 0.25) is 0 Å². The quantitative estimate of drug-likeness (QED) is 0.811. The molecule has 3 nitrogen and oxygen atoms in total. The smallest absolute Gasteiger partial charge is 0.185 e. The van der Waals surface area contributed by atoms with Crippen LogP contribution in [0.15, 0.2) is 6.20 Å². The van der Waals surface area contributed by atoms with Crippen LogP contribution in [0.2, 0.25) is 0 Å². The number of anilines is 1. The summed E-state index contributed by atoms with van der Waals surface area (Å²) in [4.78, 5) is 8.03. The molecule has 0 saturated carbocycles. The van der Waals surface area contributed by atoms with Gasteiger partial charge in [-0.3, -0.25) is 0 Å². The van der Waals surface area contributed by atoms with Gasteiger partial charge in [-0.05, 0) is 19.8 Å². The molecule has 1 heterocycles. The molecule has 0 aliphatic carbocycles. The molecule has 0 bridgehead atoms. The van der Waals surface area contributed by atoms with Crippen molar-refractivity contribution in [3.63, 3.8) is 0 Å². The number of nitrogens with zero attached hydrogens (tertiary/aromatic N) is 2. The molecule has 0 fully saturated rings. The Bertz CT molecular complexity index is 318. The van der Waals surface area contributed by atoms with E-state index in [0.29, 0.717) is 0 Å². The van der Waals surface area contributed by atoms with E-state index in [1.165, 1.54) is 17.7 Å². The summed E-state index contributed by atoms with van der Waals surface area (Å²) in [6, 6.07) is 0.0908. The Kier molecular flexibility index (Phi) is 5.92. The highest BCUT2D eigenvalue weighted by Crippen LogP contribution is 2.27. The third-order valence-electron chi connectivity index (χ3n) is 3.25. The van der Waals surface area contributed by atoms with Crippen LogP contribution in [0.5, 0.6) is 0 Å². The van der Waals surface area contributed by atoms with Crippen molar-refractivity contribution in [2.45, 2.75) is 46.6 Å². The van der Waals surface area contributed by atoms with Gasteiger partial charge in [-0.2, -0.15) is 0 Å². The average molecular weight is 255 g/mol. The molecule has 0 saturated heterocycles. The van der Waals surface area contributed by atoms with Gasteiger partial charge in [0.25, 0.3) is 0 Å². The first-order valence-electron chi connectivity index (χ1n) is 6.58. The zero-order chi connectivity index (χ0) is 12.8. The molecule has 1 aromatic rings. The lowest BCUT2D eigenvalue weighted by Crippen LogP contribution is -2.28. The molecule has 0 aliphatic rings. The van der Waals surface area contributed by atoms with Crippen molar-refractivity contribution in [2.75, 3.05) is 18.0 Å². The minimum Gasteiger partial charge on any atom is -0.348 e. The van der Waals surface area contributed by atoms with Gasteiger partial charge in [-0.25, -0.2) is 4.98 Å². The lowest BCUT2D eigenvalue weighted by atomic mass is 10.0. The molecule has 0 spiro atoms. The van der Waals surface area contributed by atoms with Crippen molar-refractivity contribution in [1.29, 1.82) is 0 Å². The molecule has 0 radical (unpaired) electrons. The summed E-state index contributed by atoms with van der Waals surface area (Å²) in [7, 11) is 0. The van der Waals surface area contributed by atoms with Crippen molar-refractivity contribution in [3.8, 4) is 0 Å². The van der Waals surface area contributed by atoms with Gasteiger partial charge in [-0.1, -0.05) is 26.7 Å². The first kappa shape index (κ1) is 14.5. The van der Waals surface area contributed by atoms with Gasteiger partial charge in [-0.15, -0.1) is 11.3 Å². The van der Waals surface area contributed by atoms with Crippen LogP contribution in [0.4, 0.5) is 5.13 Å². The number of rotatable bonds is 7. The molecular weight excluding hydrogens is 230 g/mol. The van der Waals surface area contributed by atoms with E-state index in [2.05, 4.69) is 30.7 Å². The number of nitrogens with two attached hydrogens (primary N) is 1. The van der Waals surface area contributed by atoms with Crippen LogP contribution in [-0.4, -0.2) is 18.1 Å². The summed E-state index contributed by atoms with van der Waals surface area (Å²) in [6.45, 7) is 10.8. The highest BCUT2D eigenvalue weighted by atomic mass is 32.1. The standard InChI is InChI=1S/C13H25N3S/c1-5-11(6-2)9-16(7-3)13-15-8-12(17-13)10(4)14/h8,10-11H,5-7,9,14H2,1-4H3. The van der Waals surface area contributed by atoms with Gasteiger partial charge < -0.3 is 10.6 Å². The monoisotopic (exact) mass is 255 g/mol. The van der Waals surface area contributed by atoms with Crippen molar-refractivity contribution < 1.29 is 0 Å². The van der Waals surface area contributed by atoms with Crippen molar-refractivity contribution in [3.05, 3.63) is 11.1 Å². The second kappa shape index (κ2) is 6.97. The van der Waals surface area contributed by atoms with Crippen molar-refractivity contribution >= 4 is 16.5 Å². The Hall–Kier alpha value is -0.610. The van der Waals surface area contributed by atoms with Gasteiger partial charge in [0, 0.05) is 30.2 Å². The molecule has 1 rings (SSSR count). The third-order valence-corrected chi connectivity index (χ3v) is 4.50. The van der Waals surface area contributed by atoms with Crippen LogP contribution in [0.1, 0.15) is 51.5 Å². The van der Waals surface area contributed by atoms with Crippen LogP contribution >= 0.6 is 11.3 Å². The van der Waals surface area contributed by atoms with Gasteiger partial charge in [0.1, 0.15) is 0 Å². The van der Waals surface area contributed by atoms with E-state index >= 15 is 0 Å². The van der Waals surface area contributed by atoms with Gasteiger partial charge in [0.05, 0.1) is 0 Å². The lowest BCUT2D eigenvalue weighted by molar-refractivity contribution is 0.486. The first-order valence-corrected chi connectivity index (χ1v) is 7.40. The van der Waals surface area contributed by atoms with Crippen molar-refractivity contribution in [1.82, 2.24) is 4.98 Å². The number of aromatic nitrogens is 1. The maximum atomic E-state index is 5.87. The fourth-order valence-corrected chi connectivity index (χ4v) is 2.77. The molecule has 17 heavy (non-hydrogen) atoms. The van der Waals surface area contributed by atoms with Crippen molar-refractivity contribution in [2.24, 2.45) is 11.7 Å². The fourth-order valence-electron chi connectivity index (χ4n) is 1.83. The van der Waals surface area contributed by atoms with Gasteiger partial charge in [0.15, 0.2) is 5.13 Å². The van der Waals surface area contributed by atoms with E-state index in [9.17, 15) is 0 Å². The van der Waals surface area contributed by atoms with Crippen LogP contribution < -0.4 is 10.6 Å². The summed E-state index contributed by atoms with van der Waals surface area (Å²) in [5.74, 6) is 0.762. The Balaban J connectivity index is 2.71. The molecule has 0 aliphatic heterocycles. The number of hydrogen-bond acceptors (Lipinski definition) is 4. The van der Waals surface area contributed by atoms with Crippen LogP contribution in [0.25, 0.3) is 0 Å². The molecule has 0 aromatic carbocycles.